The monoisotopic (exact) mass is 442 g/mol. The second-order valence-electron chi connectivity index (χ2n) is 7.16. The van der Waals surface area contributed by atoms with E-state index in [0.717, 1.165) is 30.6 Å². The molecule has 31 heavy (non-hydrogen) atoms. The molecule has 0 bridgehead atoms. The smallest absolute Gasteiger partial charge is 0.270 e. The van der Waals surface area contributed by atoms with Crippen molar-refractivity contribution in [1.82, 2.24) is 10.3 Å². The van der Waals surface area contributed by atoms with Gasteiger partial charge < -0.3 is 19.5 Å². The van der Waals surface area contributed by atoms with Crippen molar-refractivity contribution in [2.24, 2.45) is 0 Å². The van der Waals surface area contributed by atoms with Crippen LogP contribution in [0.1, 0.15) is 28.9 Å². The molecule has 0 unspecified atom stereocenters. The SMILES string of the molecule is COc1cc(-c2nc(C(=O)NC[C@@H]3CCCO3)cs2)ccc1OCc1ccc(F)cc1. The van der Waals surface area contributed by atoms with E-state index < -0.39 is 0 Å². The van der Waals surface area contributed by atoms with Gasteiger partial charge in [0.15, 0.2) is 11.5 Å². The maximum absolute atomic E-state index is 13.0. The molecule has 1 aliphatic rings. The summed E-state index contributed by atoms with van der Waals surface area (Å²) >= 11 is 1.39. The number of hydrogen-bond donors (Lipinski definition) is 1. The molecule has 0 spiro atoms. The molecular formula is C23H23FN2O4S. The predicted octanol–water partition coefficient (Wildman–Crippen LogP) is 4.45. The Bertz CT molecular complexity index is 1030. The summed E-state index contributed by atoms with van der Waals surface area (Å²) in [5.74, 6) is 0.638. The van der Waals surface area contributed by atoms with Crippen molar-refractivity contribution >= 4 is 17.2 Å². The highest BCUT2D eigenvalue weighted by atomic mass is 32.1. The fraction of sp³-hybridized carbons (Fsp3) is 0.304. The lowest BCUT2D eigenvalue weighted by atomic mass is 10.2. The molecule has 2 heterocycles. The molecule has 1 N–H and O–H groups in total. The summed E-state index contributed by atoms with van der Waals surface area (Å²) in [5, 5.41) is 5.34. The number of halogens is 1. The van der Waals surface area contributed by atoms with Crippen molar-refractivity contribution in [2.75, 3.05) is 20.3 Å². The zero-order valence-electron chi connectivity index (χ0n) is 17.1. The summed E-state index contributed by atoms with van der Waals surface area (Å²) in [6.07, 6.45) is 2.10. The number of carbonyl (C=O) groups is 1. The highest BCUT2D eigenvalue weighted by Crippen LogP contribution is 2.34. The number of aromatic nitrogens is 1. The van der Waals surface area contributed by atoms with Gasteiger partial charge in [-0.05, 0) is 48.7 Å². The van der Waals surface area contributed by atoms with Gasteiger partial charge in [0.1, 0.15) is 23.1 Å². The Morgan fingerprint density at radius 3 is 2.84 bits per heavy atom. The average Bonchev–Trinajstić information content (AvgIpc) is 3.49. The first-order valence-corrected chi connectivity index (χ1v) is 10.9. The van der Waals surface area contributed by atoms with Gasteiger partial charge in [-0.2, -0.15) is 0 Å². The lowest BCUT2D eigenvalue weighted by Crippen LogP contribution is -2.31. The highest BCUT2D eigenvalue weighted by Gasteiger charge is 2.18. The van der Waals surface area contributed by atoms with Gasteiger partial charge in [-0.15, -0.1) is 11.3 Å². The molecule has 1 fully saturated rings. The summed E-state index contributed by atoms with van der Waals surface area (Å²) in [5.41, 5.74) is 2.06. The minimum Gasteiger partial charge on any atom is -0.493 e. The predicted molar refractivity (Wildman–Crippen MR) is 116 cm³/mol. The Balaban J connectivity index is 1.41. The van der Waals surface area contributed by atoms with E-state index >= 15 is 0 Å². The standard InChI is InChI=1S/C23H23FN2O4S/c1-28-21-11-16(6-9-20(21)30-13-15-4-7-17(24)8-5-15)23-26-19(14-31-23)22(27)25-12-18-3-2-10-29-18/h4-9,11,14,18H,2-3,10,12-13H2,1H3,(H,25,27)/t18-/m0/s1. The molecule has 1 saturated heterocycles. The first kappa shape index (κ1) is 21.3. The van der Waals surface area contributed by atoms with E-state index in [4.69, 9.17) is 14.2 Å². The Morgan fingerprint density at radius 1 is 1.26 bits per heavy atom. The zero-order chi connectivity index (χ0) is 21.6. The Labute approximate surface area is 184 Å². The lowest BCUT2D eigenvalue weighted by molar-refractivity contribution is 0.0854. The number of nitrogens with zero attached hydrogens (tertiary/aromatic N) is 1. The van der Waals surface area contributed by atoms with E-state index in [0.29, 0.717) is 35.4 Å². The third kappa shape index (κ3) is 5.39. The van der Waals surface area contributed by atoms with Gasteiger partial charge in [0.2, 0.25) is 0 Å². The van der Waals surface area contributed by atoms with Crippen LogP contribution in [0.25, 0.3) is 10.6 Å². The Kier molecular flexibility index (Phi) is 6.79. The van der Waals surface area contributed by atoms with Crippen molar-refractivity contribution in [2.45, 2.75) is 25.6 Å². The summed E-state index contributed by atoms with van der Waals surface area (Å²) in [6, 6.07) is 11.7. The highest BCUT2D eigenvalue weighted by molar-refractivity contribution is 7.13. The van der Waals surface area contributed by atoms with Crippen molar-refractivity contribution in [3.05, 3.63) is 64.9 Å². The summed E-state index contributed by atoms with van der Waals surface area (Å²) < 4.78 is 29.9. The van der Waals surface area contributed by atoms with Crippen LogP contribution in [0.4, 0.5) is 4.39 Å². The van der Waals surface area contributed by atoms with Gasteiger partial charge in [-0.3, -0.25) is 4.79 Å². The van der Waals surface area contributed by atoms with Crippen LogP contribution < -0.4 is 14.8 Å². The Hall–Kier alpha value is -2.97. The third-order valence-corrected chi connectivity index (χ3v) is 5.86. The van der Waals surface area contributed by atoms with E-state index in [1.807, 2.05) is 12.1 Å². The molecule has 3 aromatic rings. The molecule has 6 nitrogen and oxygen atoms in total. The molecule has 0 aliphatic carbocycles. The quantitative estimate of drug-likeness (QED) is 0.558. The molecule has 1 aromatic heterocycles. The van der Waals surface area contributed by atoms with Crippen LogP contribution in [0.2, 0.25) is 0 Å². The van der Waals surface area contributed by atoms with Crippen molar-refractivity contribution < 1.29 is 23.4 Å². The molecule has 162 valence electrons. The second kappa shape index (κ2) is 9.89. The summed E-state index contributed by atoms with van der Waals surface area (Å²) in [4.78, 5) is 16.8. The first-order valence-electron chi connectivity index (χ1n) is 10.0. The number of hydrogen-bond acceptors (Lipinski definition) is 6. The van der Waals surface area contributed by atoms with Crippen molar-refractivity contribution in [3.63, 3.8) is 0 Å². The second-order valence-corrected chi connectivity index (χ2v) is 8.02. The van der Waals surface area contributed by atoms with Gasteiger partial charge in [0.25, 0.3) is 5.91 Å². The number of rotatable bonds is 8. The van der Waals surface area contributed by atoms with Gasteiger partial charge in [-0.25, -0.2) is 9.37 Å². The molecule has 0 radical (unpaired) electrons. The molecule has 8 heteroatoms. The van der Waals surface area contributed by atoms with Gasteiger partial charge in [0.05, 0.1) is 13.2 Å². The molecule has 1 aliphatic heterocycles. The number of benzene rings is 2. The number of thiazole rings is 1. The number of methoxy groups -OCH3 is 1. The summed E-state index contributed by atoms with van der Waals surface area (Å²) in [7, 11) is 1.57. The molecular weight excluding hydrogens is 419 g/mol. The largest absolute Gasteiger partial charge is 0.493 e. The number of nitrogens with one attached hydrogen (secondary N) is 1. The zero-order valence-corrected chi connectivity index (χ0v) is 17.9. The molecule has 4 rings (SSSR count). The number of amides is 1. The summed E-state index contributed by atoms with van der Waals surface area (Å²) in [6.45, 7) is 1.55. The molecule has 2 aromatic carbocycles. The average molecular weight is 443 g/mol. The minimum absolute atomic E-state index is 0.0915. The van der Waals surface area contributed by atoms with Gasteiger partial charge in [0, 0.05) is 24.1 Å². The topological polar surface area (TPSA) is 69.7 Å². The maximum Gasteiger partial charge on any atom is 0.270 e. The number of carbonyl (C=O) groups excluding carboxylic acids is 1. The van der Waals surface area contributed by atoms with E-state index in [-0.39, 0.29) is 17.8 Å². The third-order valence-electron chi connectivity index (χ3n) is 4.97. The molecule has 1 amide bonds. The first-order chi connectivity index (χ1) is 15.1. The van der Waals surface area contributed by atoms with Crippen LogP contribution in [0.5, 0.6) is 11.5 Å². The van der Waals surface area contributed by atoms with Gasteiger partial charge in [-0.1, -0.05) is 12.1 Å². The van der Waals surface area contributed by atoms with Crippen LogP contribution in [0.3, 0.4) is 0 Å². The number of ether oxygens (including phenoxy) is 3. The van der Waals surface area contributed by atoms with Crippen LogP contribution in [-0.4, -0.2) is 37.3 Å². The molecule has 0 saturated carbocycles. The van der Waals surface area contributed by atoms with Gasteiger partial charge >= 0.3 is 0 Å². The van der Waals surface area contributed by atoms with Crippen LogP contribution in [0.15, 0.2) is 47.8 Å². The van der Waals surface area contributed by atoms with Crippen LogP contribution >= 0.6 is 11.3 Å². The molecule has 1 atom stereocenters. The maximum atomic E-state index is 13.0. The minimum atomic E-state index is -0.283. The van der Waals surface area contributed by atoms with Crippen molar-refractivity contribution in [3.8, 4) is 22.1 Å². The van der Waals surface area contributed by atoms with E-state index in [1.54, 1.807) is 30.7 Å². The van der Waals surface area contributed by atoms with Crippen LogP contribution in [-0.2, 0) is 11.3 Å². The fourth-order valence-corrected chi connectivity index (χ4v) is 4.07. The van der Waals surface area contributed by atoms with E-state index in [9.17, 15) is 9.18 Å². The van der Waals surface area contributed by atoms with Crippen molar-refractivity contribution in [1.29, 1.82) is 0 Å². The van der Waals surface area contributed by atoms with E-state index in [2.05, 4.69) is 10.3 Å². The Morgan fingerprint density at radius 2 is 2.10 bits per heavy atom. The fourth-order valence-electron chi connectivity index (χ4n) is 3.27. The normalized spacial score (nSPS) is 15.6. The van der Waals surface area contributed by atoms with Crippen LogP contribution in [0, 0.1) is 5.82 Å². The van der Waals surface area contributed by atoms with E-state index in [1.165, 1.54) is 23.5 Å². The lowest BCUT2D eigenvalue weighted by Gasteiger charge is -2.12.